The van der Waals surface area contributed by atoms with Gasteiger partial charge in [0, 0.05) is 19.6 Å². The van der Waals surface area contributed by atoms with E-state index in [2.05, 4.69) is 6.58 Å². The van der Waals surface area contributed by atoms with Gasteiger partial charge in [0.05, 0.1) is 38.6 Å². The maximum Gasteiger partial charge on any atom is 0.265 e. The van der Waals surface area contributed by atoms with Gasteiger partial charge in [-0.15, -0.1) is 6.58 Å². The number of nitrogens with zero attached hydrogens (tertiary/aromatic N) is 2. The van der Waals surface area contributed by atoms with Gasteiger partial charge < -0.3 is 14.4 Å². The van der Waals surface area contributed by atoms with Crippen molar-refractivity contribution in [3.05, 3.63) is 12.7 Å². The SMILES string of the molecule is C=CCN1CC(CS(=O)(=O)O)C(CS(=O)(=O)O)C1.C[N+](C)(C)CC(=O)[O-]. The van der Waals surface area contributed by atoms with Crippen molar-refractivity contribution < 1.29 is 40.3 Å². The van der Waals surface area contributed by atoms with Gasteiger partial charge in [0.1, 0.15) is 6.54 Å². The first-order valence-corrected chi connectivity index (χ1v) is 11.0. The minimum absolute atomic E-state index is 0.0694. The molecule has 1 heterocycles. The van der Waals surface area contributed by atoms with Crippen LogP contribution in [0.5, 0.6) is 0 Å². The summed E-state index contributed by atoms with van der Waals surface area (Å²) in [5.74, 6) is -3.02. The normalized spacial score (nSPS) is 21.7. The molecule has 0 aliphatic carbocycles. The molecule has 0 amide bonds. The molecule has 0 spiro atoms. The summed E-state index contributed by atoms with van der Waals surface area (Å²) in [6.07, 6.45) is 1.63. The molecule has 0 radical (unpaired) electrons. The first-order chi connectivity index (χ1) is 11.5. The van der Waals surface area contributed by atoms with Crippen LogP contribution in [0.3, 0.4) is 0 Å². The number of hydrogen-bond donors (Lipinski definition) is 2. The summed E-state index contributed by atoms with van der Waals surface area (Å²) >= 11 is 0. The van der Waals surface area contributed by atoms with Gasteiger partial charge in [-0.25, -0.2) is 0 Å². The molecule has 2 N–H and O–H groups in total. The molecule has 0 aromatic carbocycles. The van der Waals surface area contributed by atoms with Crippen molar-refractivity contribution in [3.63, 3.8) is 0 Å². The molecule has 10 nitrogen and oxygen atoms in total. The first kappa shape index (κ1) is 24.9. The molecule has 1 aliphatic rings. The van der Waals surface area contributed by atoms with Gasteiger partial charge >= 0.3 is 0 Å². The summed E-state index contributed by atoms with van der Waals surface area (Å²) in [6.45, 7) is 4.83. The molecular weight excluding hydrogens is 388 g/mol. The Morgan fingerprint density at radius 1 is 1.12 bits per heavy atom. The van der Waals surface area contributed by atoms with E-state index in [1.165, 1.54) is 0 Å². The summed E-state index contributed by atoms with van der Waals surface area (Å²) in [5, 5.41) is 9.89. The Hall–Kier alpha value is -1.05. The average Bonchev–Trinajstić information content (AvgIpc) is 2.64. The van der Waals surface area contributed by atoms with Crippen molar-refractivity contribution >= 4 is 26.2 Å². The smallest absolute Gasteiger partial charge is 0.265 e. The van der Waals surface area contributed by atoms with E-state index in [1.54, 1.807) is 27.2 Å². The molecule has 1 aliphatic heterocycles. The third-order valence-electron chi connectivity index (χ3n) is 3.49. The Morgan fingerprint density at radius 2 is 1.50 bits per heavy atom. The fourth-order valence-corrected chi connectivity index (χ4v) is 4.51. The maximum atomic E-state index is 10.9. The second-order valence-electron chi connectivity index (χ2n) is 7.34. The zero-order valence-corrected chi connectivity index (χ0v) is 16.9. The minimum atomic E-state index is -4.16. The molecule has 1 saturated heterocycles. The first-order valence-electron chi connectivity index (χ1n) is 7.76. The lowest BCUT2D eigenvalue weighted by molar-refractivity contribution is -0.864. The van der Waals surface area contributed by atoms with Gasteiger partial charge in [0.2, 0.25) is 0 Å². The van der Waals surface area contributed by atoms with Crippen molar-refractivity contribution in [1.82, 2.24) is 4.90 Å². The Balaban J connectivity index is 0.000000660. The number of carbonyl (C=O) groups excluding carboxylic acids is 1. The van der Waals surface area contributed by atoms with E-state index in [0.717, 1.165) is 0 Å². The Labute approximate surface area is 155 Å². The van der Waals surface area contributed by atoms with E-state index < -0.39 is 49.5 Å². The van der Waals surface area contributed by atoms with Crippen LogP contribution in [0.1, 0.15) is 0 Å². The molecule has 26 heavy (non-hydrogen) atoms. The van der Waals surface area contributed by atoms with Crippen molar-refractivity contribution in [3.8, 4) is 0 Å². The monoisotopic (exact) mass is 416 g/mol. The number of likely N-dealkylation sites (N-methyl/N-ethyl adjacent to an activating group) is 1. The van der Waals surface area contributed by atoms with Gasteiger partial charge in [-0.3, -0.25) is 14.0 Å². The molecule has 1 fully saturated rings. The van der Waals surface area contributed by atoms with Crippen molar-refractivity contribution in [2.75, 3.05) is 58.8 Å². The van der Waals surface area contributed by atoms with Gasteiger partial charge in [0.15, 0.2) is 0 Å². The summed E-state index contributed by atoms with van der Waals surface area (Å²) < 4.78 is 61.6. The molecule has 0 aromatic rings. The van der Waals surface area contributed by atoms with E-state index in [0.29, 0.717) is 24.1 Å². The summed E-state index contributed by atoms with van der Waals surface area (Å²) in [6, 6.07) is 0. The van der Waals surface area contributed by atoms with Crippen LogP contribution < -0.4 is 5.11 Å². The van der Waals surface area contributed by atoms with Crippen LogP contribution in [-0.4, -0.2) is 100 Å². The molecule has 0 saturated carbocycles. The van der Waals surface area contributed by atoms with E-state index >= 15 is 0 Å². The standard InChI is InChI=1S/C9H17NO6S2.C5H11NO2/c1-2-3-10-4-8(6-17(11,12)13)9(5-10)7-18(14,15)16;1-6(2,3)4-5(7)8/h2,8-9H,1,3-7H2,(H,11,12,13)(H,14,15,16);4H2,1-3H3. The molecule has 12 heteroatoms. The van der Waals surface area contributed by atoms with Crippen molar-refractivity contribution in [2.24, 2.45) is 11.8 Å². The van der Waals surface area contributed by atoms with Crippen LogP contribution in [0.15, 0.2) is 12.7 Å². The Kier molecular flexibility index (Phi) is 9.37. The second-order valence-corrected chi connectivity index (χ2v) is 10.3. The van der Waals surface area contributed by atoms with Gasteiger partial charge in [0.25, 0.3) is 20.2 Å². The van der Waals surface area contributed by atoms with Crippen LogP contribution in [0.2, 0.25) is 0 Å². The lowest BCUT2D eigenvalue weighted by atomic mass is 10.0. The number of rotatable bonds is 8. The van der Waals surface area contributed by atoms with Crippen LogP contribution in [0, 0.1) is 11.8 Å². The zero-order valence-electron chi connectivity index (χ0n) is 15.2. The minimum Gasteiger partial charge on any atom is -0.544 e. The van der Waals surface area contributed by atoms with Gasteiger partial charge in [-0.1, -0.05) is 6.08 Å². The van der Waals surface area contributed by atoms with Gasteiger partial charge in [-0.05, 0) is 11.8 Å². The highest BCUT2D eigenvalue weighted by Gasteiger charge is 2.37. The number of carboxylic acids is 1. The molecule has 2 unspecified atom stereocenters. The quantitative estimate of drug-likeness (QED) is 0.258. The zero-order chi connectivity index (χ0) is 20.8. The van der Waals surface area contributed by atoms with E-state index in [1.807, 2.05) is 4.90 Å². The number of carboxylic acid groups (broad SMARTS) is 1. The lowest BCUT2D eigenvalue weighted by Gasteiger charge is -2.23. The Morgan fingerprint density at radius 3 is 1.69 bits per heavy atom. The molecule has 2 atom stereocenters. The Bertz CT molecular complexity index is 640. The molecule has 1 rings (SSSR count). The van der Waals surface area contributed by atoms with Crippen LogP contribution in [0.25, 0.3) is 0 Å². The van der Waals surface area contributed by atoms with Crippen molar-refractivity contribution in [1.29, 1.82) is 0 Å². The summed E-state index contributed by atoms with van der Waals surface area (Å²) in [7, 11) is -2.92. The van der Waals surface area contributed by atoms with Crippen LogP contribution in [0.4, 0.5) is 0 Å². The molecule has 154 valence electrons. The number of carbonyl (C=O) groups is 1. The summed E-state index contributed by atoms with van der Waals surface area (Å²) in [5.41, 5.74) is 0. The number of aliphatic carboxylic acids is 1. The predicted octanol–water partition coefficient (Wildman–Crippen LogP) is -2.06. The van der Waals surface area contributed by atoms with Crippen LogP contribution >= 0.6 is 0 Å². The average molecular weight is 417 g/mol. The number of likely N-dealkylation sites (tertiary alicyclic amines) is 1. The lowest BCUT2D eigenvalue weighted by Crippen LogP contribution is -2.45. The third-order valence-corrected chi connectivity index (χ3v) is 5.19. The highest BCUT2D eigenvalue weighted by Crippen LogP contribution is 2.25. The van der Waals surface area contributed by atoms with E-state index in [-0.39, 0.29) is 6.54 Å². The fourth-order valence-electron chi connectivity index (χ4n) is 2.67. The van der Waals surface area contributed by atoms with E-state index in [9.17, 15) is 26.7 Å². The largest absolute Gasteiger partial charge is 0.544 e. The fraction of sp³-hybridized carbons (Fsp3) is 0.786. The summed E-state index contributed by atoms with van der Waals surface area (Å²) in [4.78, 5) is 11.7. The molecular formula is C14H28N2O8S2. The maximum absolute atomic E-state index is 10.9. The highest BCUT2D eigenvalue weighted by molar-refractivity contribution is 7.86. The number of hydrogen-bond acceptors (Lipinski definition) is 7. The molecule has 0 bridgehead atoms. The number of quaternary nitrogens is 1. The predicted molar refractivity (Wildman–Crippen MR) is 94.4 cm³/mol. The highest BCUT2D eigenvalue weighted by atomic mass is 32.2. The topological polar surface area (TPSA) is 152 Å². The van der Waals surface area contributed by atoms with Gasteiger partial charge in [-0.2, -0.15) is 16.8 Å². The van der Waals surface area contributed by atoms with Crippen LogP contribution in [-0.2, 0) is 25.0 Å². The van der Waals surface area contributed by atoms with Crippen molar-refractivity contribution in [2.45, 2.75) is 0 Å². The third kappa shape index (κ3) is 13.2. The second kappa shape index (κ2) is 9.76. The van der Waals surface area contributed by atoms with E-state index in [4.69, 9.17) is 9.11 Å². The molecule has 0 aromatic heterocycles.